The Labute approximate surface area is 158 Å². The van der Waals surface area contributed by atoms with Gasteiger partial charge in [0, 0.05) is 19.2 Å². The largest absolute Gasteiger partial charge is 0.507 e. The first-order valence-electron chi connectivity index (χ1n) is 9.00. The third-order valence-corrected chi connectivity index (χ3v) is 4.83. The van der Waals surface area contributed by atoms with Gasteiger partial charge in [0.05, 0.1) is 18.2 Å². The van der Waals surface area contributed by atoms with Crippen molar-refractivity contribution in [3.63, 3.8) is 0 Å². The van der Waals surface area contributed by atoms with Crippen LogP contribution in [0.3, 0.4) is 0 Å². The number of nitrogens with zero attached hydrogens (tertiary/aromatic N) is 1. The normalized spacial score (nSPS) is 18.9. The van der Waals surface area contributed by atoms with Gasteiger partial charge in [0.2, 0.25) is 0 Å². The fraction of sp³-hybridized carbons (Fsp3) is 0.273. The highest BCUT2D eigenvalue weighted by Gasteiger charge is 2.45. The molecule has 5 nitrogen and oxygen atoms in total. The molecule has 0 saturated carbocycles. The number of likely N-dealkylation sites (tertiary alicyclic amines) is 1. The van der Waals surface area contributed by atoms with E-state index in [1.165, 1.54) is 4.90 Å². The average molecular weight is 365 g/mol. The number of benzene rings is 2. The third-order valence-electron chi connectivity index (χ3n) is 4.83. The second-order valence-electron chi connectivity index (χ2n) is 6.45. The summed E-state index contributed by atoms with van der Waals surface area (Å²) in [6, 6.07) is 16.0. The quantitative estimate of drug-likeness (QED) is 0.484. The van der Waals surface area contributed by atoms with Crippen LogP contribution >= 0.6 is 0 Å². The Morgan fingerprint density at radius 3 is 2.33 bits per heavy atom. The number of Topliss-reactive ketones (excluding diaryl/α,β-unsaturated/α-hetero) is 1. The number of aliphatic hydroxyl groups is 1. The number of amides is 1. The summed E-state index contributed by atoms with van der Waals surface area (Å²) in [4.78, 5) is 26.8. The maximum absolute atomic E-state index is 12.8. The van der Waals surface area contributed by atoms with Crippen molar-refractivity contribution in [2.45, 2.75) is 19.4 Å². The summed E-state index contributed by atoms with van der Waals surface area (Å²) in [5.74, 6) is -1.44. The molecule has 1 saturated heterocycles. The number of aryl methyl sites for hydroxylation is 1. The summed E-state index contributed by atoms with van der Waals surface area (Å²) in [5, 5.41) is 10.9. The molecule has 1 atom stereocenters. The molecule has 0 spiro atoms. The van der Waals surface area contributed by atoms with E-state index in [4.69, 9.17) is 4.74 Å². The number of hydrogen-bond donors (Lipinski definition) is 1. The molecule has 0 aliphatic carbocycles. The second-order valence-corrected chi connectivity index (χ2v) is 6.45. The monoisotopic (exact) mass is 365 g/mol. The Kier molecular flexibility index (Phi) is 5.72. The van der Waals surface area contributed by atoms with Gasteiger partial charge in [0.25, 0.3) is 11.7 Å². The molecule has 1 aliphatic rings. The first-order chi connectivity index (χ1) is 13.1. The number of hydrogen-bond acceptors (Lipinski definition) is 4. The van der Waals surface area contributed by atoms with E-state index in [9.17, 15) is 14.7 Å². The van der Waals surface area contributed by atoms with Gasteiger partial charge in [-0.25, -0.2) is 0 Å². The Hall–Kier alpha value is -2.92. The average Bonchev–Trinajstić information content (AvgIpc) is 2.97. The Bertz CT molecular complexity index is 856. The van der Waals surface area contributed by atoms with Crippen LogP contribution in [0.4, 0.5) is 0 Å². The van der Waals surface area contributed by atoms with Crippen molar-refractivity contribution in [2.24, 2.45) is 0 Å². The minimum atomic E-state index is -0.669. The van der Waals surface area contributed by atoms with Crippen LogP contribution in [-0.2, 0) is 20.7 Å². The summed E-state index contributed by atoms with van der Waals surface area (Å²) in [7, 11) is 1.55. The van der Waals surface area contributed by atoms with Crippen LogP contribution in [0.15, 0.2) is 60.2 Å². The minimum absolute atomic E-state index is 0.117. The van der Waals surface area contributed by atoms with Crippen molar-refractivity contribution in [1.82, 2.24) is 4.90 Å². The van der Waals surface area contributed by atoms with Crippen LogP contribution < -0.4 is 0 Å². The van der Waals surface area contributed by atoms with Gasteiger partial charge >= 0.3 is 0 Å². The van der Waals surface area contributed by atoms with E-state index in [-0.39, 0.29) is 17.9 Å². The van der Waals surface area contributed by atoms with E-state index >= 15 is 0 Å². The molecule has 1 aliphatic heterocycles. The van der Waals surface area contributed by atoms with Gasteiger partial charge in [-0.05, 0) is 17.5 Å². The zero-order valence-electron chi connectivity index (χ0n) is 15.5. The van der Waals surface area contributed by atoms with Crippen molar-refractivity contribution >= 4 is 17.4 Å². The first kappa shape index (κ1) is 18.9. The second kappa shape index (κ2) is 8.18. The Morgan fingerprint density at radius 1 is 1.07 bits per heavy atom. The zero-order valence-corrected chi connectivity index (χ0v) is 15.5. The molecule has 27 heavy (non-hydrogen) atoms. The maximum atomic E-state index is 12.8. The molecule has 0 bridgehead atoms. The first-order valence-corrected chi connectivity index (χ1v) is 9.00. The highest BCUT2D eigenvalue weighted by molar-refractivity contribution is 6.46. The molecule has 2 aromatic carbocycles. The lowest BCUT2D eigenvalue weighted by molar-refractivity contribution is -0.140. The van der Waals surface area contributed by atoms with E-state index in [1.807, 2.05) is 49.4 Å². The number of ketones is 1. The van der Waals surface area contributed by atoms with Gasteiger partial charge in [0.15, 0.2) is 0 Å². The number of carbonyl (C=O) groups excluding carboxylic acids is 2. The topological polar surface area (TPSA) is 66.8 Å². The van der Waals surface area contributed by atoms with Gasteiger partial charge in [0.1, 0.15) is 5.76 Å². The summed E-state index contributed by atoms with van der Waals surface area (Å²) in [6.07, 6.45) is 0.881. The van der Waals surface area contributed by atoms with Gasteiger partial charge in [-0.15, -0.1) is 0 Å². The highest BCUT2D eigenvalue weighted by Crippen LogP contribution is 2.39. The van der Waals surface area contributed by atoms with Crippen molar-refractivity contribution in [3.05, 3.63) is 76.9 Å². The molecular weight excluding hydrogens is 342 g/mol. The minimum Gasteiger partial charge on any atom is -0.507 e. The number of aliphatic hydroxyl groups excluding tert-OH is 1. The molecule has 2 aromatic rings. The van der Waals surface area contributed by atoms with Gasteiger partial charge in [-0.2, -0.15) is 0 Å². The lowest BCUT2D eigenvalue weighted by Crippen LogP contribution is -2.32. The highest BCUT2D eigenvalue weighted by atomic mass is 16.5. The summed E-state index contributed by atoms with van der Waals surface area (Å²) in [5.41, 5.74) is 2.55. The Balaban J connectivity index is 2.11. The smallest absolute Gasteiger partial charge is 0.295 e. The van der Waals surface area contributed by atoms with Crippen molar-refractivity contribution in [2.75, 3.05) is 20.3 Å². The summed E-state index contributed by atoms with van der Waals surface area (Å²) >= 11 is 0. The standard InChI is InChI=1S/C22H23NO4/c1-3-15-9-11-17(12-10-15)20(24)18-19(16-7-5-4-6-8-16)23(13-14-27-2)22(26)21(18)25/h4-12,19,24H,3,13-14H2,1-2H3/b20-18-. The predicted octanol–water partition coefficient (Wildman–Crippen LogP) is 3.32. The molecule has 140 valence electrons. The third kappa shape index (κ3) is 3.64. The SMILES string of the molecule is CCc1ccc(/C(O)=C2/C(=O)C(=O)N(CCOC)C2c2ccccc2)cc1. The van der Waals surface area contributed by atoms with Crippen LogP contribution in [0.2, 0.25) is 0 Å². The number of rotatable bonds is 6. The van der Waals surface area contributed by atoms with E-state index in [0.717, 1.165) is 17.5 Å². The lowest BCUT2D eigenvalue weighted by atomic mass is 9.95. The molecule has 0 radical (unpaired) electrons. The van der Waals surface area contributed by atoms with Gasteiger partial charge < -0.3 is 14.7 Å². The van der Waals surface area contributed by atoms with Crippen LogP contribution in [0.25, 0.3) is 5.76 Å². The summed E-state index contributed by atoms with van der Waals surface area (Å²) < 4.78 is 5.09. The van der Waals surface area contributed by atoms with E-state index in [0.29, 0.717) is 12.2 Å². The van der Waals surface area contributed by atoms with Gasteiger partial charge in [-0.3, -0.25) is 9.59 Å². The van der Waals surface area contributed by atoms with Crippen LogP contribution in [0.1, 0.15) is 29.7 Å². The van der Waals surface area contributed by atoms with E-state index in [1.54, 1.807) is 19.2 Å². The fourth-order valence-corrected chi connectivity index (χ4v) is 3.34. The van der Waals surface area contributed by atoms with Crippen LogP contribution in [0, 0.1) is 0 Å². The number of methoxy groups -OCH3 is 1. The van der Waals surface area contributed by atoms with Crippen molar-refractivity contribution in [1.29, 1.82) is 0 Å². The Morgan fingerprint density at radius 2 is 1.74 bits per heavy atom. The fourth-order valence-electron chi connectivity index (χ4n) is 3.34. The van der Waals surface area contributed by atoms with E-state index < -0.39 is 17.7 Å². The molecule has 1 amide bonds. The van der Waals surface area contributed by atoms with Gasteiger partial charge in [-0.1, -0.05) is 61.5 Å². The molecule has 0 aromatic heterocycles. The molecule has 1 unspecified atom stereocenters. The predicted molar refractivity (Wildman–Crippen MR) is 103 cm³/mol. The zero-order chi connectivity index (χ0) is 19.4. The number of ether oxygens (including phenoxy) is 1. The summed E-state index contributed by atoms with van der Waals surface area (Å²) in [6.45, 7) is 2.62. The molecule has 1 N–H and O–H groups in total. The molecule has 1 heterocycles. The van der Waals surface area contributed by atoms with Crippen molar-refractivity contribution < 1.29 is 19.4 Å². The van der Waals surface area contributed by atoms with E-state index in [2.05, 4.69) is 0 Å². The molecule has 3 rings (SSSR count). The van der Waals surface area contributed by atoms with Crippen molar-refractivity contribution in [3.8, 4) is 0 Å². The van der Waals surface area contributed by atoms with Crippen LogP contribution in [-0.4, -0.2) is 42.0 Å². The molecule has 5 heteroatoms. The molecule has 1 fully saturated rings. The van der Waals surface area contributed by atoms with Crippen LogP contribution in [0.5, 0.6) is 0 Å². The number of carbonyl (C=O) groups is 2. The maximum Gasteiger partial charge on any atom is 0.295 e. The lowest BCUT2D eigenvalue weighted by Gasteiger charge is -2.25. The molecular formula is C22H23NO4.